The average Bonchev–Trinajstić information content (AvgIpc) is 3.36. The van der Waals surface area contributed by atoms with Crippen LogP contribution in [0.3, 0.4) is 0 Å². The van der Waals surface area contributed by atoms with E-state index in [-0.39, 0.29) is 36.3 Å². The van der Waals surface area contributed by atoms with Crippen LogP contribution in [0.15, 0.2) is 41.3 Å². The standard InChI is InChI=1S/C23H23ClF2INO5S2/c24-15-3-5-16(6-4-15)34(29,30)23-10-9-17(35(31,32)28-11-1-2-12-28)13-22(23,27)14-33-21-19(26)8-7-18(25)20(21)23/h3-8,17H,1-2,9-14H2/t17-,22+,23-/m1/s1. The highest BCUT2D eigenvalue weighted by Gasteiger charge is 2.68. The van der Waals surface area contributed by atoms with Crippen LogP contribution >= 0.6 is 34.2 Å². The quantitative estimate of drug-likeness (QED) is 0.348. The van der Waals surface area contributed by atoms with Gasteiger partial charge in [-0.1, -0.05) is 34.2 Å². The van der Waals surface area contributed by atoms with Crippen molar-refractivity contribution in [1.29, 1.82) is 0 Å². The molecule has 2 aromatic carbocycles. The van der Waals surface area contributed by atoms with E-state index >= 15 is 4.39 Å². The summed E-state index contributed by atoms with van der Waals surface area (Å²) in [6.45, 7) is 0.584. The number of rotatable bonds is 4. The van der Waals surface area contributed by atoms with E-state index in [0.29, 0.717) is 18.1 Å². The second-order valence-electron chi connectivity index (χ2n) is 9.29. The lowest BCUT2D eigenvalue weighted by atomic mass is 9.72. The maximum Gasteiger partial charge on any atom is 0.217 e. The Morgan fingerprint density at radius 2 is 1.63 bits per heavy atom. The minimum atomic E-state index is -4.36. The highest BCUT2D eigenvalue weighted by atomic mass is 127. The SMILES string of the molecule is O=S(=O)([C@@H]1CC[C@@]2(S(=O)(=O)c3ccc(Cl)cc3)c3c(F)ccc(F)c3OC[C@@]2(I)C1)N1CCCC1. The Morgan fingerprint density at radius 3 is 2.29 bits per heavy atom. The molecule has 0 radical (unpaired) electrons. The third-order valence-corrected chi connectivity index (χ3v) is 14.7. The van der Waals surface area contributed by atoms with Crippen molar-refractivity contribution in [1.82, 2.24) is 4.31 Å². The molecule has 2 fully saturated rings. The van der Waals surface area contributed by atoms with Gasteiger partial charge in [-0.05, 0) is 68.5 Å². The molecule has 0 amide bonds. The Hall–Kier alpha value is -1.02. The lowest BCUT2D eigenvalue weighted by Crippen LogP contribution is -2.63. The largest absolute Gasteiger partial charge is 0.489 e. The summed E-state index contributed by atoms with van der Waals surface area (Å²) in [5.41, 5.74) is -0.370. The van der Waals surface area contributed by atoms with E-state index in [2.05, 4.69) is 0 Å². The van der Waals surface area contributed by atoms with Gasteiger partial charge < -0.3 is 4.74 Å². The first-order chi connectivity index (χ1) is 16.4. The van der Waals surface area contributed by atoms with Crippen LogP contribution in [0.5, 0.6) is 5.75 Å². The fourth-order valence-corrected chi connectivity index (χ4v) is 12.7. The molecule has 2 heterocycles. The number of hydrogen-bond acceptors (Lipinski definition) is 5. The molecule has 0 N–H and O–H groups in total. The third kappa shape index (κ3) is 3.74. The molecule has 0 aromatic heterocycles. The summed E-state index contributed by atoms with van der Waals surface area (Å²) in [4.78, 5) is -0.0969. The van der Waals surface area contributed by atoms with E-state index in [0.717, 1.165) is 25.0 Å². The fraction of sp³-hybridized carbons (Fsp3) is 0.478. The predicted octanol–water partition coefficient (Wildman–Crippen LogP) is 4.83. The van der Waals surface area contributed by atoms with Crippen molar-refractivity contribution in [3.05, 3.63) is 58.6 Å². The Morgan fingerprint density at radius 1 is 1.00 bits per heavy atom. The molecule has 12 heteroatoms. The van der Waals surface area contributed by atoms with E-state index in [9.17, 15) is 21.2 Å². The lowest BCUT2D eigenvalue weighted by Gasteiger charge is -2.54. The summed E-state index contributed by atoms with van der Waals surface area (Å²) < 4.78 is 89.6. The predicted molar refractivity (Wildman–Crippen MR) is 136 cm³/mol. The van der Waals surface area contributed by atoms with Gasteiger partial charge in [-0.3, -0.25) is 0 Å². The lowest BCUT2D eigenvalue weighted by molar-refractivity contribution is 0.160. The smallest absolute Gasteiger partial charge is 0.217 e. The normalized spacial score (nSPS) is 29.3. The molecule has 6 nitrogen and oxygen atoms in total. The van der Waals surface area contributed by atoms with Gasteiger partial charge in [-0.15, -0.1) is 0 Å². The van der Waals surface area contributed by atoms with Crippen molar-refractivity contribution in [3.8, 4) is 5.75 Å². The number of hydrogen-bond donors (Lipinski definition) is 0. The topological polar surface area (TPSA) is 80.8 Å². The van der Waals surface area contributed by atoms with Gasteiger partial charge in [0.1, 0.15) is 17.2 Å². The number of ether oxygens (including phenoxy) is 1. The van der Waals surface area contributed by atoms with Gasteiger partial charge in [0, 0.05) is 18.1 Å². The Kier molecular flexibility index (Phi) is 6.43. The molecular formula is C23H23ClF2INO5S2. The van der Waals surface area contributed by atoms with Crippen LogP contribution in [0.25, 0.3) is 0 Å². The molecule has 0 unspecified atom stereocenters. The maximum atomic E-state index is 15.5. The fourth-order valence-electron chi connectivity index (χ4n) is 5.71. The number of alkyl halides is 1. The number of sulfone groups is 1. The molecular weight excluding hydrogens is 635 g/mol. The summed E-state index contributed by atoms with van der Waals surface area (Å²) in [5, 5.41) is -0.528. The van der Waals surface area contributed by atoms with Crippen molar-refractivity contribution in [3.63, 3.8) is 0 Å². The van der Waals surface area contributed by atoms with Crippen molar-refractivity contribution >= 4 is 54.1 Å². The molecule has 5 rings (SSSR count). The molecule has 1 saturated heterocycles. The highest BCUT2D eigenvalue weighted by molar-refractivity contribution is 14.1. The van der Waals surface area contributed by atoms with E-state index in [1.807, 2.05) is 22.6 Å². The number of fused-ring (bicyclic) bond motifs is 3. The molecule has 0 spiro atoms. The monoisotopic (exact) mass is 657 g/mol. The minimum Gasteiger partial charge on any atom is -0.489 e. The Bertz CT molecular complexity index is 1380. The molecule has 0 bridgehead atoms. The molecule has 35 heavy (non-hydrogen) atoms. The molecule has 3 atom stereocenters. The summed E-state index contributed by atoms with van der Waals surface area (Å²) in [6.07, 6.45) is 1.27. The zero-order valence-electron chi connectivity index (χ0n) is 18.5. The third-order valence-electron chi connectivity index (χ3n) is 7.43. The number of benzene rings is 2. The van der Waals surface area contributed by atoms with Crippen molar-refractivity contribution in [2.45, 2.75) is 50.4 Å². The van der Waals surface area contributed by atoms with Gasteiger partial charge in [0.05, 0.1) is 19.1 Å². The van der Waals surface area contributed by atoms with Gasteiger partial charge >= 0.3 is 0 Å². The van der Waals surface area contributed by atoms with Crippen molar-refractivity contribution < 1.29 is 30.4 Å². The van der Waals surface area contributed by atoms with Crippen LogP contribution in [-0.2, 0) is 24.6 Å². The van der Waals surface area contributed by atoms with Crippen LogP contribution in [0, 0.1) is 11.6 Å². The molecule has 190 valence electrons. The van der Waals surface area contributed by atoms with Crippen LogP contribution in [0.4, 0.5) is 8.78 Å². The first-order valence-electron chi connectivity index (χ1n) is 11.2. The molecule has 1 aliphatic carbocycles. The van der Waals surface area contributed by atoms with E-state index in [1.54, 1.807) is 0 Å². The molecule has 2 aromatic rings. The maximum absolute atomic E-state index is 15.5. The van der Waals surface area contributed by atoms with Crippen molar-refractivity contribution in [2.24, 2.45) is 0 Å². The van der Waals surface area contributed by atoms with Crippen LogP contribution in [0.1, 0.15) is 37.7 Å². The molecule has 1 saturated carbocycles. The average molecular weight is 658 g/mol. The highest BCUT2D eigenvalue weighted by Crippen LogP contribution is 2.62. The zero-order valence-corrected chi connectivity index (χ0v) is 23.1. The number of halogens is 4. The summed E-state index contributed by atoms with van der Waals surface area (Å²) >= 11 is 7.89. The molecule has 2 aliphatic heterocycles. The van der Waals surface area contributed by atoms with Crippen LogP contribution in [-0.4, -0.2) is 49.5 Å². The second-order valence-corrected chi connectivity index (χ2v) is 16.2. The van der Waals surface area contributed by atoms with Gasteiger partial charge in [0.15, 0.2) is 21.4 Å². The number of sulfonamides is 1. The molecule has 3 aliphatic rings. The van der Waals surface area contributed by atoms with Crippen molar-refractivity contribution in [2.75, 3.05) is 19.7 Å². The van der Waals surface area contributed by atoms with Crippen LogP contribution in [0.2, 0.25) is 5.02 Å². The van der Waals surface area contributed by atoms with Gasteiger partial charge in [0.2, 0.25) is 10.0 Å². The second kappa shape index (κ2) is 8.78. The Labute approximate surface area is 222 Å². The van der Waals surface area contributed by atoms with Gasteiger partial charge in [-0.2, -0.15) is 0 Å². The zero-order chi connectivity index (χ0) is 25.2. The van der Waals surface area contributed by atoms with E-state index < -0.39 is 50.7 Å². The van der Waals surface area contributed by atoms with Gasteiger partial charge in [-0.25, -0.2) is 29.9 Å². The van der Waals surface area contributed by atoms with Gasteiger partial charge in [0.25, 0.3) is 0 Å². The minimum absolute atomic E-state index is 0.00814. The first kappa shape index (κ1) is 25.6. The van der Waals surface area contributed by atoms with E-state index in [4.69, 9.17) is 16.3 Å². The summed E-state index contributed by atoms with van der Waals surface area (Å²) in [7, 11) is -8.06. The number of nitrogens with zero attached hydrogens (tertiary/aromatic N) is 1. The first-order valence-corrected chi connectivity index (χ1v) is 15.7. The summed E-state index contributed by atoms with van der Waals surface area (Å²) in [6, 6.07) is 7.31. The Balaban J connectivity index is 1.71. The summed E-state index contributed by atoms with van der Waals surface area (Å²) in [5.74, 6) is -2.20. The van der Waals surface area contributed by atoms with E-state index in [1.165, 1.54) is 28.6 Å². The van der Waals surface area contributed by atoms with Crippen LogP contribution < -0.4 is 4.74 Å².